The molecule has 1 heteroatoms. The second kappa shape index (κ2) is 7.85. The van der Waals surface area contributed by atoms with Crippen molar-refractivity contribution in [2.24, 2.45) is 0 Å². The van der Waals surface area contributed by atoms with Crippen molar-refractivity contribution in [1.29, 1.82) is 0 Å². The molecule has 1 nitrogen and oxygen atoms in total. The molecule has 0 radical (unpaired) electrons. The summed E-state index contributed by atoms with van der Waals surface area (Å²) in [5.74, 6) is 0. The highest BCUT2D eigenvalue weighted by Gasteiger charge is 2.07. The van der Waals surface area contributed by atoms with Gasteiger partial charge in [0.05, 0.1) is 0 Å². The molecule has 0 N–H and O–H groups in total. The molecule has 126 valence electrons. The lowest BCUT2D eigenvalue weighted by Crippen LogP contribution is -2.09. The largest absolute Gasteiger partial charge is 0.345 e. The topological polar surface area (TPSA) is 3.24 Å². The summed E-state index contributed by atoms with van der Waals surface area (Å²) in [6.07, 6.45) is 14.9. The summed E-state index contributed by atoms with van der Waals surface area (Å²) in [7, 11) is 2.11. The van der Waals surface area contributed by atoms with Gasteiger partial charge in [0.25, 0.3) is 0 Å². The van der Waals surface area contributed by atoms with Crippen molar-refractivity contribution in [3.05, 3.63) is 96.1 Å². The van der Waals surface area contributed by atoms with E-state index >= 15 is 0 Å². The molecule has 0 spiro atoms. The van der Waals surface area contributed by atoms with E-state index in [0.717, 1.165) is 12.8 Å². The van der Waals surface area contributed by atoms with Crippen molar-refractivity contribution in [2.45, 2.75) is 19.8 Å². The van der Waals surface area contributed by atoms with Gasteiger partial charge < -0.3 is 4.90 Å². The fraction of sp³-hybridized carbons (Fsp3) is 0.167. The summed E-state index contributed by atoms with van der Waals surface area (Å²) in [4.78, 5) is 2.23. The van der Waals surface area contributed by atoms with Gasteiger partial charge in [-0.1, -0.05) is 61.2 Å². The van der Waals surface area contributed by atoms with E-state index in [4.69, 9.17) is 0 Å². The number of hydrogen-bond acceptors (Lipinski definition) is 1. The zero-order chi connectivity index (χ0) is 17.6. The molecule has 0 saturated carbocycles. The number of nitrogens with zero attached hydrogens (tertiary/aromatic N) is 1. The smallest absolute Gasteiger partial charge is 0.0411 e. The Morgan fingerprint density at radius 1 is 1.00 bits per heavy atom. The first kappa shape index (κ1) is 17.0. The number of aryl methyl sites for hydroxylation is 1. The third kappa shape index (κ3) is 4.00. The second-order valence-electron chi connectivity index (χ2n) is 6.38. The Kier molecular flexibility index (Phi) is 5.35. The first-order chi connectivity index (χ1) is 12.2. The zero-order valence-corrected chi connectivity index (χ0v) is 15.1. The van der Waals surface area contributed by atoms with Crippen LogP contribution in [-0.4, -0.2) is 7.05 Å². The highest BCUT2D eigenvalue weighted by atomic mass is 15.1. The maximum Gasteiger partial charge on any atom is 0.0411 e. The van der Waals surface area contributed by atoms with Crippen LogP contribution in [0.1, 0.15) is 29.5 Å². The van der Waals surface area contributed by atoms with Crippen molar-refractivity contribution in [1.82, 2.24) is 0 Å². The van der Waals surface area contributed by atoms with Crippen LogP contribution in [-0.2, 0) is 0 Å². The van der Waals surface area contributed by atoms with Crippen LogP contribution in [0.3, 0.4) is 0 Å². The monoisotopic (exact) mass is 327 g/mol. The SMILES string of the molecule is C=C/C=C\c1ccc(N(C)c2ccc(C3=CCCC=C3)cc2)cc1C. The van der Waals surface area contributed by atoms with Gasteiger partial charge in [0.1, 0.15) is 0 Å². The highest BCUT2D eigenvalue weighted by molar-refractivity contribution is 5.76. The maximum absolute atomic E-state index is 3.73. The fourth-order valence-corrected chi connectivity index (χ4v) is 3.08. The van der Waals surface area contributed by atoms with Gasteiger partial charge in [-0.2, -0.15) is 0 Å². The van der Waals surface area contributed by atoms with Gasteiger partial charge in [0, 0.05) is 18.4 Å². The van der Waals surface area contributed by atoms with Gasteiger partial charge in [-0.05, 0) is 66.3 Å². The summed E-state index contributed by atoms with van der Waals surface area (Å²) < 4.78 is 0. The van der Waals surface area contributed by atoms with Crippen molar-refractivity contribution >= 4 is 23.0 Å². The number of allylic oxidation sites excluding steroid dienone is 6. The van der Waals surface area contributed by atoms with E-state index in [1.165, 1.54) is 33.6 Å². The predicted octanol–water partition coefficient (Wildman–Crippen LogP) is 6.70. The van der Waals surface area contributed by atoms with E-state index in [-0.39, 0.29) is 0 Å². The number of hydrogen-bond donors (Lipinski definition) is 0. The van der Waals surface area contributed by atoms with Crippen LogP contribution in [0, 0.1) is 6.92 Å². The van der Waals surface area contributed by atoms with Crippen LogP contribution in [0.5, 0.6) is 0 Å². The van der Waals surface area contributed by atoms with Crippen molar-refractivity contribution in [2.75, 3.05) is 11.9 Å². The summed E-state index contributed by atoms with van der Waals surface area (Å²) in [6.45, 7) is 5.87. The number of anilines is 2. The molecule has 0 saturated heterocycles. The Hall–Kier alpha value is -2.80. The van der Waals surface area contributed by atoms with Crippen molar-refractivity contribution in [3.63, 3.8) is 0 Å². The molecule has 2 aromatic rings. The minimum Gasteiger partial charge on any atom is -0.345 e. The maximum atomic E-state index is 3.73. The first-order valence-corrected chi connectivity index (χ1v) is 8.79. The van der Waals surface area contributed by atoms with Crippen molar-refractivity contribution < 1.29 is 0 Å². The Balaban J connectivity index is 1.81. The lowest BCUT2D eigenvalue weighted by atomic mass is 9.99. The molecular weight excluding hydrogens is 302 g/mol. The summed E-state index contributed by atoms with van der Waals surface area (Å²) in [5, 5.41) is 0. The van der Waals surface area contributed by atoms with E-state index in [2.05, 4.69) is 92.2 Å². The minimum absolute atomic E-state index is 1.14. The van der Waals surface area contributed by atoms with Gasteiger partial charge in [0.15, 0.2) is 0 Å². The third-order valence-electron chi connectivity index (χ3n) is 4.64. The lowest BCUT2D eigenvalue weighted by molar-refractivity contribution is 1.04. The van der Waals surface area contributed by atoms with E-state index in [1.807, 2.05) is 6.08 Å². The van der Waals surface area contributed by atoms with Gasteiger partial charge in [-0.3, -0.25) is 0 Å². The number of rotatable bonds is 5. The van der Waals surface area contributed by atoms with E-state index in [1.54, 1.807) is 6.08 Å². The lowest BCUT2D eigenvalue weighted by Gasteiger charge is -2.21. The average Bonchev–Trinajstić information content (AvgIpc) is 2.67. The molecule has 0 aromatic heterocycles. The van der Waals surface area contributed by atoms with Gasteiger partial charge in [-0.15, -0.1) is 0 Å². The standard InChI is InChI=1S/C24H25N/c1-4-5-9-20-12-17-24(18-19(20)2)25(3)23-15-13-22(14-16-23)21-10-7-6-8-11-21/h4-5,7,9-18H,1,6,8H2,2-3H3/b9-5-. The van der Waals surface area contributed by atoms with Crippen LogP contribution in [0.2, 0.25) is 0 Å². The van der Waals surface area contributed by atoms with Gasteiger partial charge in [0.2, 0.25) is 0 Å². The van der Waals surface area contributed by atoms with Crippen LogP contribution >= 0.6 is 0 Å². The fourth-order valence-electron chi connectivity index (χ4n) is 3.08. The predicted molar refractivity (Wildman–Crippen MR) is 111 cm³/mol. The molecule has 0 heterocycles. The normalized spacial score (nSPS) is 13.8. The van der Waals surface area contributed by atoms with Crippen molar-refractivity contribution in [3.8, 4) is 0 Å². The molecule has 0 aliphatic heterocycles. The average molecular weight is 327 g/mol. The molecule has 0 atom stereocenters. The molecule has 0 bridgehead atoms. The van der Waals surface area contributed by atoms with Gasteiger partial charge >= 0.3 is 0 Å². The van der Waals surface area contributed by atoms with Crippen LogP contribution in [0.25, 0.3) is 11.6 Å². The first-order valence-electron chi connectivity index (χ1n) is 8.79. The second-order valence-corrected chi connectivity index (χ2v) is 6.38. The molecule has 3 rings (SSSR count). The number of benzene rings is 2. The molecule has 1 aliphatic carbocycles. The Bertz CT molecular complexity index is 835. The highest BCUT2D eigenvalue weighted by Crippen LogP contribution is 2.28. The van der Waals surface area contributed by atoms with Crippen LogP contribution in [0.4, 0.5) is 11.4 Å². The zero-order valence-electron chi connectivity index (χ0n) is 15.1. The van der Waals surface area contributed by atoms with Crippen LogP contribution in [0.15, 0.2) is 79.4 Å². The molecule has 0 fully saturated rings. The third-order valence-corrected chi connectivity index (χ3v) is 4.64. The van der Waals surface area contributed by atoms with Gasteiger partial charge in [-0.25, -0.2) is 0 Å². The van der Waals surface area contributed by atoms with E-state index < -0.39 is 0 Å². The molecular formula is C24H25N. The Morgan fingerprint density at radius 2 is 1.76 bits per heavy atom. The molecule has 25 heavy (non-hydrogen) atoms. The Morgan fingerprint density at radius 3 is 2.40 bits per heavy atom. The minimum atomic E-state index is 1.14. The molecule has 2 aromatic carbocycles. The molecule has 0 unspecified atom stereocenters. The summed E-state index contributed by atoms with van der Waals surface area (Å²) in [5.41, 5.74) is 7.49. The Labute approximate surface area is 151 Å². The van der Waals surface area contributed by atoms with E-state index in [0.29, 0.717) is 0 Å². The molecule has 0 amide bonds. The summed E-state index contributed by atoms with van der Waals surface area (Å²) in [6, 6.07) is 15.4. The quantitative estimate of drug-likeness (QED) is 0.553. The van der Waals surface area contributed by atoms with E-state index in [9.17, 15) is 0 Å². The molecule has 1 aliphatic rings. The summed E-state index contributed by atoms with van der Waals surface area (Å²) >= 11 is 0. The van der Waals surface area contributed by atoms with Crippen LogP contribution < -0.4 is 4.90 Å².